The first-order valence-corrected chi connectivity index (χ1v) is 13.9. The van der Waals surface area contributed by atoms with Crippen LogP contribution in [0, 0.1) is 0 Å². The molecular formula is C29H30Br2N2O2. The van der Waals surface area contributed by atoms with Gasteiger partial charge in [-0.3, -0.25) is 9.97 Å². The van der Waals surface area contributed by atoms with Crippen molar-refractivity contribution >= 4 is 53.7 Å². The number of aromatic nitrogens is 2. The predicted molar refractivity (Wildman–Crippen MR) is 149 cm³/mol. The van der Waals surface area contributed by atoms with Crippen molar-refractivity contribution in [2.24, 2.45) is 0 Å². The molecule has 0 amide bonds. The highest BCUT2D eigenvalue weighted by Crippen LogP contribution is 2.36. The van der Waals surface area contributed by atoms with E-state index in [4.69, 9.17) is 9.72 Å². The number of hydrogen-bond donors (Lipinski definition) is 1. The van der Waals surface area contributed by atoms with E-state index in [0.29, 0.717) is 12.0 Å². The minimum atomic E-state index is -0.213. The number of aliphatic hydroxyl groups excluding tert-OH is 1. The monoisotopic (exact) mass is 596 g/mol. The highest BCUT2D eigenvalue weighted by molar-refractivity contribution is 9.10. The molecule has 4 unspecified atom stereocenters. The molecule has 2 aromatic carbocycles. The fraction of sp³-hybridized carbons (Fsp3) is 0.379. The van der Waals surface area contributed by atoms with Crippen molar-refractivity contribution in [3.8, 4) is 0 Å². The van der Waals surface area contributed by atoms with Gasteiger partial charge >= 0.3 is 0 Å². The second kappa shape index (κ2) is 11.0. The molecule has 6 rings (SSSR count). The maximum Gasteiger partial charge on any atom is 0.0706 e. The minimum Gasteiger partial charge on any atom is -0.392 e. The van der Waals surface area contributed by atoms with E-state index in [9.17, 15) is 5.11 Å². The van der Waals surface area contributed by atoms with Crippen LogP contribution in [0.5, 0.6) is 0 Å². The van der Waals surface area contributed by atoms with Crippen LogP contribution in [0.2, 0.25) is 0 Å². The van der Waals surface area contributed by atoms with Crippen molar-refractivity contribution in [2.45, 2.75) is 62.6 Å². The maximum absolute atomic E-state index is 9.91. The molecule has 2 aromatic heterocycles. The molecule has 2 aliphatic carbocycles. The molecule has 1 N–H and O–H groups in total. The summed E-state index contributed by atoms with van der Waals surface area (Å²) in [5.74, 6) is 0.686. The van der Waals surface area contributed by atoms with Crippen LogP contribution in [0.1, 0.15) is 61.7 Å². The van der Waals surface area contributed by atoms with Gasteiger partial charge in [-0.2, -0.15) is 0 Å². The van der Waals surface area contributed by atoms with Gasteiger partial charge in [0.05, 0.1) is 23.2 Å². The van der Waals surface area contributed by atoms with Crippen LogP contribution in [0.15, 0.2) is 69.6 Å². The van der Waals surface area contributed by atoms with Crippen molar-refractivity contribution < 1.29 is 9.84 Å². The smallest absolute Gasteiger partial charge is 0.0706 e. The second-order valence-corrected chi connectivity index (χ2v) is 11.4. The first kappa shape index (κ1) is 24.8. The Bertz CT molecular complexity index is 1330. The highest BCUT2D eigenvalue weighted by Gasteiger charge is 2.29. The lowest BCUT2D eigenvalue weighted by molar-refractivity contribution is 0.0936. The molecule has 0 radical (unpaired) electrons. The third kappa shape index (κ3) is 5.61. The zero-order valence-electron chi connectivity index (χ0n) is 19.8. The maximum atomic E-state index is 9.91. The molecule has 2 heterocycles. The summed E-state index contributed by atoms with van der Waals surface area (Å²) in [7, 11) is 1.81. The van der Waals surface area contributed by atoms with E-state index in [1.54, 1.807) is 7.11 Å². The highest BCUT2D eigenvalue weighted by atomic mass is 79.9. The minimum absolute atomic E-state index is 0.213. The molecular weight excluding hydrogens is 568 g/mol. The van der Waals surface area contributed by atoms with Gasteiger partial charge in [0.1, 0.15) is 0 Å². The van der Waals surface area contributed by atoms with Crippen LogP contribution in [0.4, 0.5) is 0 Å². The Labute approximate surface area is 223 Å². The van der Waals surface area contributed by atoms with E-state index in [1.165, 1.54) is 23.9 Å². The largest absolute Gasteiger partial charge is 0.392 e. The molecule has 4 nitrogen and oxygen atoms in total. The van der Waals surface area contributed by atoms with Crippen LogP contribution in [0.3, 0.4) is 0 Å². The topological polar surface area (TPSA) is 55.2 Å². The van der Waals surface area contributed by atoms with E-state index in [0.717, 1.165) is 56.7 Å². The van der Waals surface area contributed by atoms with Gasteiger partial charge in [0.2, 0.25) is 0 Å². The fourth-order valence-corrected chi connectivity index (χ4v) is 6.23. The number of methoxy groups -OCH3 is 1. The third-order valence-corrected chi connectivity index (χ3v) is 8.33. The molecule has 35 heavy (non-hydrogen) atoms. The zero-order chi connectivity index (χ0) is 24.4. The first-order chi connectivity index (χ1) is 17.0. The number of ether oxygens (including phenoxy) is 1. The van der Waals surface area contributed by atoms with Crippen molar-refractivity contribution in [1.82, 2.24) is 9.97 Å². The standard InChI is InChI=1S/C15H16BrNO.C14H14BrNO/c1-18-15-4-2-3-12(15)14-7-5-10-9-11(16)6-8-13(10)17-14;15-10-5-7-12-9(8-10)4-6-13(16-12)11-2-1-3-14(11)17/h5-9,12,15H,2-4H2,1H3;4-8,11,14,17H,1-3H2. The van der Waals surface area contributed by atoms with Crippen LogP contribution >= 0.6 is 31.9 Å². The Morgan fingerprint density at radius 1 is 0.714 bits per heavy atom. The molecule has 0 saturated heterocycles. The lowest BCUT2D eigenvalue weighted by Crippen LogP contribution is -2.15. The molecule has 4 aromatic rings. The molecule has 2 aliphatic rings. The average molecular weight is 598 g/mol. The van der Waals surface area contributed by atoms with E-state index in [2.05, 4.69) is 73.2 Å². The van der Waals surface area contributed by atoms with E-state index in [-0.39, 0.29) is 12.0 Å². The summed E-state index contributed by atoms with van der Waals surface area (Å²) in [6.45, 7) is 0. The Morgan fingerprint density at radius 2 is 1.26 bits per heavy atom. The van der Waals surface area contributed by atoms with E-state index in [1.807, 2.05) is 24.3 Å². The van der Waals surface area contributed by atoms with Gasteiger partial charge in [-0.25, -0.2) is 0 Å². The molecule has 0 aliphatic heterocycles. The summed E-state index contributed by atoms with van der Waals surface area (Å²) in [6, 6.07) is 20.8. The van der Waals surface area contributed by atoms with Gasteiger partial charge in [0.25, 0.3) is 0 Å². The van der Waals surface area contributed by atoms with E-state index < -0.39 is 0 Å². The number of hydrogen-bond acceptors (Lipinski definition) is 4. The number of pyridine rings is 2. The van der Waals surface area contributed by atoms with Crippen molar-refractivity contribution in [1.29, 1.82) is 0 Å². The number of benzene rings is 2. The molecule has 0 bridgehead atoms. The van der Waals surface area contributed by atoms with Crippen molar-refractivity contribution in [2.75, 3.05) is 7.11 Å². The molecule has 2 saturated carbocycles. The third-order valence-electron chi connectivity index (χ3n) is 7.34. The van der Waals surface area contributed by atoms with E-state index >= 15 is 0 Å². The van der Waals surface area contributed by atoms with Crippen molar-refractivity contribution in [3.05, 3.63) is 81.0 Å². The Kier molecular flexibility index (Phi) is 7.83. The molecule has 4 atom stereocenters. The SMILES string of the molecule is COC1CCCC1c1ccc2cc(Br)ccc2n1.OC1CCCC1c1ccc2cc(Br)ccc2n1. The quantitative estimate of drug-likeness (QED) is 0.261. The molecule has 6 heteroatoms. The lowest BCUT2D eigenvalue weighted by atomic mass is 10.00. The van der Waals surface area contributed by atoms with Gasteiger partial charge in [-0.05, 0) is 74.2 Å². The fourth-order valence-electron chi connectivity index (χ4n) is 5.47. The summed E-state index contributed by atoms with van der Waals surface area (Å²) >= 11 is 6.95. The predicted octanol–water partition coefficient (Wildman–Crippen LogP) is 7.91. The summed E-state index contributed by atoms with van der Waals surface area (Å²) in [5, 5.41) is 12.2. The molecule has 2 fully saturated rings. The number of nitrogens with zero attached hydrogens (tertiary/aromatic N) is 2. The van der Waals surface area contributed by atoms with Gasteiger partial charge < -0.3 is 9.84 Å². The van der Waals surface area contributed by atoms with Crippen molar-refractivity contribution in [3.63, 3.8) is 0 Å². The summed E-state index contributed by atoms with van der Waals surface area (Å²) in [6.07, 6.45) is 6.77. The average Bonchev–Trinajstić information content (AvgIpc) is 3.52. The summed E-state index contributed by atoms with van der Waals surface area (Å²) in [5.41, 5.74) is 4.28. The first-order valence-electron chi connectivity index (χ1n) is 12.3. The van der Waals surface area contributed by atoms with Crippen LogP contribution in [0.25, 0.3) is 21.8 Å². The number of aliphatic hydroxyl groups is 1. The Hall–Kier alpha value is -1.86. The molecule has 0 spiro atoms. The Morgan fingerprint density at radius 3 is 1.80 bits per heavy atom. The van der Waals surface area contributed by atoms with Crippen LogP contribution in [-0.2, 0) is 4.74 Å². The zero-order valence-corrected chi connectivity index (χ0v) is 23.0. The summed E-state index contributed by atoms with van der Waals surface area (Å²) in [4.78, 5) is 9.46. The van der Waals surface area contributed by atoms with Gasteiger partial charge in [0.15, 0.2) is 0 Å². The van der Waals surface area contributed by atoms with Crippen LogP contribution in [-0.4, -0.2) is 34.4 Å². The Balaban J connectivity index is 0.000000145. The number of rotatable bonds is 3. The van der Waals surface area contributed by atoms with Gasteiger partial charge in [-0.1, -0.05) is 56.8 Å². The van der Waals surface area contributed by atoms with Gasteiger partial charge in [0, 0.05) is 50.1 Å². The molecule has 182 valence electrons. The lowest BCUT2D eigenvalue weighted by Gasteiger charge is -2.17. The normalized spacial score (nSPS) is 24.0. The van der Waals surface area contributed by atoms with Gasteiger partial charge in [-0.15, -0.1) is 0 Å². The summed E-state index contributed by atoms with van der Waals surface area (Å²) < 4.78 is 7.73. The van der Waals surface area contributed by atoms with Crippen LogP contribution < -0.4 is 0 Å². The number of halogens is 2. The number of fused-ring (bicyclic) bond motifs is 2. The second-order valence-electron chi connectivity index (χ2n) is 9.56.